The second-order valence-corrected chi connectivity index (χ2v) is 6.47. The molecule has 122 valence electrons. The van der Waals surface area contributed by atoms with Gasteiger partial charge >= 0.3 is 0 Å². The van der Waals surface area contributed by atoms with Crippen molar-refractivity contribution in [2.45, 2.75) is 50.5 Å². The molecule has 8 heteroatoms. The molecule has 0 aliphatic heterocycles. The monoisotopic (exact) mass is 334 g/mol. The summed E-state index contributed by atoms with van der Waals surface area (Å²) in [6.45, 7) is 5.95. The fraction of sp³-hybridized carbons (Fsp3) is 0.467. The molecule has 0 N–H and O–H groups in total. The van der Waals surface area contributed by atoms with Crippen LogP contribution in [0.15, 0.2) is 30.9 Å². The summed E-state index contributed by atoms with van der Waals surface area (Å²) in [5, 5.41) is 12.5. The normalized spacial score (nSPS) is 12.7. The van der Waals surface area contributed by atoms with Crippen LogP contribution in [0.4, 0.5) is 0 Å². The SMILES string of the molecule is CCCCc1noc(C(C)Sc2nnc(-c3ccoc3C)o2)n1. The van der Waals surface area contributed by atoms with Gasteiger partial charge in [0.25, 0.3) is 11.1 Å². The molecule has 0 bridgehead atoms. The molecular weight excluding hydrogens is 316 g/mol. The number of nitrogens with zero attached hydrogens (tertiary/aromatic N) is 4. The molecule has 3 aromatic heterocycles. The molecule has 23 heavy (non-hydrogen) atoms. The molecule has 0 aromatic carbocycles. The van der Waals surface area contributed by atoms with Crippen LogP contribution >= 0.6 is 11.8 Å². The van der Waals surface area contributed by atoms with Crippen molar-refractivity contribution in [2.24, 2.45) is 0 Å². The molecule has 3 aromatic rings. The van der Waals surface area contributed by atoms with Gasteiger partial charge in [0.05, 0.1) is 17.1 Å². The third-order valence-electron chi connectivity index (χ3n) is 3.36. The standard InChI is InChI=1S/C15H18N4O3S/c1-4-5-6-12-16-13(22-19-12)10(3)23-15-18-17-14(21-15)11-7-8-20-9(11)2/h7-8,10H,4-6H2,1-3H3. The lowest BCUT2D eigenvalue weighted by atomic mass is 10.2. The molecule has 1 atom stereocenters. The van der Waals surface area contributed by atoms with E-state index in [-0.39, 0.29) is 5.25 Å². The Labute approximate surface area is 137 Å². The van der Waals surface area contributed by atoms with Crippen LogP contribution in [0.5, 0.6) is 0 Å². The van der Waals surface area contributed by atoms with Crippen molar-refractivity contribution < 1.29 is 13.4 Å². The lowest BCUT2D eigenvalue weighted by molar-refractivity contribution is 0.373. The molecular formula is C15H18N4O3S. The predicted molar refractivity (Wildman–Crippen MR) is 83.9 cm³/mol. The van der Waals surface area contributed by atoms with Crippen LogP contribution < -0.4 is 0 Å². The van der Waals surface area contributed by atoms with E-state index >= 15 is 0 Å². The molecule has 0 saturated carbocycles. The van der Waals surface area contributed by atoms with Crippen molar-refractivity contribution in [3.8, 4) is 11.5 Å². The molecule has 0 saturated heterocycles. The average Bonchev–Trinajstić information content (AvgIpc) is 3.25. The summed E-state index contributed by atoms with van der Waals surface area (Å²) in [7, 11) is 0. The van der Waals surface area contributed by atoms with Crippen LogP contribution in [0.3, 0.4) is 0 Å². The second kappa shape index (κ2) is 6.99. The molecule has 7 nitrogen and oxygen atoms in total. The lowest BCUT2D eigenvalue weighted by Crippen LogP contribution is -1.91. The largest absolute Gasteiger partial charge is 0.469 e. The van der Waals surface area contributed by atoms with Crippen LogP contribution in [0, 0.1) is 6.92 Å². The van der Waals surface area contributed by atoms with E-state index in [0.717, 1.165) is 36.4 Å². The minimum atomic E-state index is -0.0587. The van der Waals surface area contributed by atoms with Crippen LogP contribution in [0.1, 0.15) is 49.4 Å². The number of furan rings is 1. The summed E-state index contributed by atoms with van der Waals surface area (Å²) in [5.74, 6) is 2.51. The third-order valence-corrected chi connectivity index (χ3v) is 4.28. The predicted octanol–water partition coefficient (Wildman–Crippen LogP) is 4.22. The van der Waals surface area contributed by atoms with Gasteiger partial charge in [-0.25, -0.2) is 0 Å². The van der Waals surface area contributed by atoms with E-state index in [1.165, 1.54) is 11.8 Å². The Hall–Kier alpha value is -2.09. The first-order chi connectivity index (χ1) is 11.2. The molecule has 0 spiro atoms. The van der Waals surface area contributed by atoms with Gasteiger partial charge in [0, 0.05) is 6.42 Å². The van der Waals surface area contributed by atoms with Gasteiger partial charge in [0.1, 0.15) is 5.76 Å². The van der Waals surface area contributed by atoms with Crippen molar-refractivity contribution in [3.63, 3.8) is 0 Å². The number of hydrogen-bond donors (Lipinski definition) is 0. The van der Waals surface area contributed by atoms with Crippen molar-refractivity contribution in [2.75, 3.05) is 0 Å². The fourth-order valence-electron chi connectivity index (χ4n) is 2.04. The highest BCUT2D eigenvalue weighted by molar-refractivity contribution is 7.99. The summed E-state index contributed by atoms with van der Waals surface area (Å²) in [6.07, 6.45) is 4.59. The zero-order valence-corrected chi connectivity index (χ0v) is 14.1. The molecule has 3 heterocycles. The van der Waals surface area contributed by atoms with E-state index in [9.17, 15) is 0 Å². The molecule has 0 aliphatic rings. The molecule has 1 unspecified atom stereocenters. The van der Waals surface area contributed by atoms with E-state index in [0.29, 0.717) is 17.0 Å². The molecule has 0 fully saturated rings. The highest BCUT2D eigenvalue weighted by atomic mass is 32.2. The highest BCUT2D eigenvalue weighted by Gasteiger charge is 2.20. The maximum atomic E-state index is 5.66. The summed E-state index contributed by atoms with van der Waals surface area (Å²) >= 11 is 1.39. The highest BCUT2D eigenvalue weighted by Crippen LogP contribution is 2.35. The fourth-order valence-corrected chi connectivity index (χ4v) is 2.76. The van der Waals surface area contributed by atoms with E-state index < -0.39 is 0 Å². The zero-order valence-electron chi connectivity index (χ0n) is 13.3. The van der Waals surface area contributed by atoms with Gasteiger partial charge in [-0.15, -0.1) is 10.2 Å². The Morgan fingerprint density at radius 3 is 2.91 bits per heavy atom. The Kier molecular flexibility index (Phi) is 4.80. The number of aromatic nitrogens is 4. The van der Waals surface area contributed by atoms with Gasteiger partial charge in [-0.2, -0.15) is 4.98 Å². The lowest BCUT2D eigenvalue weighted by Gasteiger charge is -2.00. The Bertz CT molecular complexity index is 764. The van der Waals surface area contributed by atoms with Gasteiger partial charge in [-0.05, 0) is 26.3 Å². The van der Waals surface area contributed by atoms with E-state index in [1.54, 1.807) is 12.3 Å². The minimum Gasteiger partial charge on any atom is -0.469 e. The summed E-state index contributed by atoms with van der Waals surface area (Å²) < 4.78 is 16.2. The van der Waals surface area contributed by atoms with Crippen molar-refractivity contribution in [1.82, 2.24) is 20.3 Å². The van der Waals surface area contributed by atoms with Gasteiger partial charge in [-0.1, -0.05) is 30.3 Å². The minimum absolute atomic E-state index is 0.0587. The van der Waals surface area contributed by atoms with Crippen molar-refractivity contribution >= 4 is 11.8 Å². The zero-order chi connectivity index (χ0) is 16.2. The Morgan fingerprint density at radius 1 is 1.30 bits per heavy atom. The van der Waals surface area contributed by atoms with Gasteiger partial charge in [-0.3, -0.25) is 0 Å². The topological polar surface area (TPSA) is 91.0 Å². The first-order valence-corrected chi connectivity index (χ1v) is 8.42. The van der Waals surface area contributed by atoms with Crippen LogP contribution in [0.2, 0.25) is 0 Å². The number of unbranched alkanes of at least 4 members (excludes halogenated alkanes) is 1. The van der Waals surface area contributed by atoms with Crippen LogP contribution in [0.25, 0.3) is 11.5 Å². The first-order valence-electron chi connectivity index (χ1n) is 7.54. The molecule has 3 rings (SSSR count). The first kappa shape index (κ1) is 15.8. The van der Waals surface area contributed by atoms with Gasteiger partial charge in [0.2, 0.25) is 5.89 Å². The molecule has 0 radical (unpaired) electrons. The second-order valence-electron chi connectivity index (χ2n) is 5.18. The summed E-state index contributed by atoms with van der Waals surface area (Å²) in [6, 6.07) is 1.80. The maximum Gasteiger partial charge on any atom is 0.277 e. The van der Waals surface area contributed by atoms with Gasteiger partial charge in [0.15, 0.2) is 5.82 Å². The van der Waals surface area contributed by atoms with Crippen LogP contribution in [-0.4, -0.2) is 20.3 Å². The average molecular weight is 334 g/mol. The van der Waals surface area contributed by atoms with E-state index in [2.05, 4.69) is 27.3 Å². The van der Waals surface area contributed by atoms with E-state index in [4.69, 9.17) is 13.4 Å². The van der Waals surface area contributed by atoms with Crippen LogP contribution in [-0.2, 0) is 6.42 Å². The number of rotatable bonds is 7. The van der Waals surface area contributed by atoms with Gasteiger partial charge < -0.3 is 13.4 Å². The smallest absolute Gasteiger partial charge is 0.277 e. The number of thioether (sulfide) groups is 1. The maximum absolute atomic E-state index is 5.66. The Morgan fingerprint density at radius 2 is 2.17 bits per heavy atom. The van der Waals surface area contributed by atoms with Crippen molar-refractivity contribution in [1.29, 1.82) is 0 Å². The summed E-state index contributed by atoms with van der Waals surface area (Å²) in [4.78, 5) is 4.41. The number of hydrogen-bond acceptors (Lipinski definition) is 8. The van der Waals surface area contributed by atoms with Crippen molar-refractivity contribution in [3.05, 3.63) is 29.8 Å². The summed E-state index contributed by atoms with van der Waals surface area (Å²) in [5.41, 5.74) is 0.802. The molecule has 0 aliphatic carbocycles. The molecule has 0 amide bonds. The third kappa shape index (κ3) is 3.64. The van der Waals surface area contributed by atoms with E-state index in [1.807, 2.05) is 13.8 Å². The Balaban J connectivity index is 1.66. The quantitative estimate of drug-likeness (QED) is 0.593. The number of aryl methyl sites for hydroxylation is 2.